The van der Waals surface area contributed by atoms with Gasteiger partial charge < -0.3 is 33.8 Å². The molecule has 3 N–H and O–H groups in total. The molecule has 0 aliphatic rings. The van der Waals surface area contributed by atoms with Crippen molar-refractivity contribution in [2.75, 3.05) is 39.6 Å². The van der Waals surface area contributed by atoms with Gasteiger partial charge in [-0.15, -0.1) is 0 Å². The number of carbonyl (C=O) groups is 4. The Balaban J connectivity index is 5.16. The Morgan fingerprint density at radius 2 is 0.517 bits per heavy atom. The van der Waals surface area contributed by atoms with E-state index in [1.54, 1.807) is 0 Å². The highest BCUT2D eigenvalue weighted by molar-refractivity contribution is 7.47. The van der Waals surface area contributed by atoms with Crippen molar-refractivity contribution in [2.24, 2.45) is 11.8 Å². The molecule has 0 rings (SSSR count). The molecule has 2 unspecified atom stereocenters. The highest BCUT2D eigenvalue weighted by Crippen LogP contribution is 2.45. The fraction of sp³-hybridized carbons (Fsp3) is 0.943. The summed E-state index contributed by atoms with van der Waals surface area (Å²) in [5, 5.41) is 10.6. The van der Waals surface area contributed by atoms with Gasteiger partial charge in [0.15, 0.2) is 12.2 Å². The Bertz CT molecular complexity index is 1730. The lowest BCUT2D eigenvalue weighted by molar-refractivity contribution is -0.161. The van der Waals surface area contributed by atoms with Crippen molar-refractivity contribution in [3.05, 3.63) is 0 Å². The standard InChI is InChI=1S/C70H136O17P2/c1-7-9-11-13-14-15-16-17-18-19-20-23-27-30-36-42-48-54-69(74)87-66(59-81-68(73)53-47-41-35-29-26-24-21-22-25-28-33-39-44-50-62(3)4)61-85-89(78,79)83-57-64(71)56-82-88(76,77)84-60-65(58-80-67(72)52-46-38-12-10-8-2)86-70(75)55-49-43-37-32-31-34-40-45-51-63(5)6/h62-66,71H,7-61H2,1-6H3,(H,76,77)(H,78,79)/t64-,65+,66+/m0/s1. The Morgan fingerprint density at radius 3 is 0.764 bits per heavy atom. The molecule has 0 aromatic heterocycles. The molecule has 0 spiro atoms. The van der Waals surface area contributed by atoms with Crippen LogP contribution in [0.4, 0.5) is 0 Å². The Labute approximate surface area is 543 Å². The summed E-state index contributed by atoms with van der Waals surface area (Å²) in [5.41, 5.74) is 0. The monoisotopic (exact) mass is 1310 g/mol. The normalized spacial score (nSPS) is 14.1. The number of hydrogen-bond acceptors (Lipinski definition) is 15. The largest absolute Gasteiger partial charge is 0.472 e. The van der Waals surface area contributed by atoms with Gasteiger partial charge in [-0.2, -0.15) is 0 Å². The number of rotatable bonds is 69. The van der Waals surface area contributed by atoms with E-state index in [4.69, 9.17) is 37.0 Å². The molecule has 0 aromatic carbocycles. The van der Waals surface area contributed by atoms with Crippen molar-refractivity contribution in [2.45, 2.75) is 374 Å². The topological polar surface area (TPSA) is 237 Å². The van der Waals surface area contributed by atoms with E-state index in [2.05, 4.69) is 41.5 Å². The molecule has 528 valence electrons. The number of phosphoric ester groups is 2. The van der Waals surface area contributed by atoms with Crippen LogP contribution in [0, 0.1) is 11.8 Å². The zero-order chi connectivity index (χ0) is 65.7. The first-order chi connectivity index (χ1) is 42.9. The molecule has 0 bridgehead atoms. The minimum atomic E-state index is -4.95. The van der Waals surface area contributed by atoms with Gasteiger partial charge in [-0.25, -0.2) is 9.13 Å². The third kappa shape index (κ3) is 64.6. The highest BCUT2D eigenvalue weighted by Gasteiger charge is 2.30. The zero-order valence-corrected chi connectivity index (χ0v) is 59.5. The van der Waals surface area contributed by atoms with Crippen molar-refractivity contribution < 1.29 is 80.2 Å². The molecule has 0 heterocycles. The summed E-state index contributed by atoms with van der Waals surface area (Å²) in [6, 6.07) is 0. The first kappa shape index (κ1) is 87.1. The first-order valence-electron chi connectivity index (χ1n) is 36.5. The Morgan fingerprint density at radius 1 is 0.303 bits per heavy atom. The highest BCUT2D eigenvalue weighted by atomic mass is 31.2. The molecule has 0 fully saturated rings. The van der Waals surface area contributed by atoms with E-state index >= 15 is 0 Å². The number of hydrogen-bond donors (Lipinski definition) is 3. The minimum absolute atomic E-state index is 0.104. The molecule has 0 amide bonds. The van der Waals surface area contributed by atoms with Crippen LogP contribution in [0.3, 0.4) is 0 Å². The number of phosphoric acid groups is 2. The summed E-state index contributed by atoms with van der Waals surface area (Å²) >= 11 is 0. The summed E-state index contributed by atoms with van der Waals surface area (Å²) < 4.78 is 68.1. The van der Waals surface area contributed by atoms with Gasteiger partial charge in [-0.3, -0.25) is 37.3 Å². The van der Waals surface area contributed by atoms with Crippen LogP contribution in [0.1, 0.15) is 356 Å². The predicted octanol–water partition coefficient (Wildman–Crippen LogP) is 20.0. The van der Waals surface area contributed by atoms with Gasteiger partial charge in [0, 0.05) is 25.7 Å². The second kappa shape index (κ2) is 62.2. The first-order valence-corrected chi connectivity index (χ1v) is 39.5. The Kier molecular flexibility index (Phi) is 60.8. The fourth-order valence-electron chi connectivity index (χ4n) is 10.6. The Hall–Kier alpha value is -1.94. The van der Waals surface area contributed by atoms with Gasteiger partial charge >= 0.3 is 39.5 Å². The second-order valence-corrected chi connectivity index (χ2v) is 29.1. The molecule has 0 aliphatic heterocycles. The maximum Gasteiger partial charge on any atom is 0.472 e. The lowest BCUT2D eigenvalue weighted by atomic mass is 10.0. The van der Waals surface area contributed by atoms with E-state index in [1.807, 2.05) is 0 Å². The third-order valence-electron chi connectivity index (χ3n) is 16.2. The maximum absolute atomic E-state index is 13.0. The van der Waals surface area contributed by atoms with Crippen molar-refractivity contribution in [1.82, 2.24) is 0 Å². The van der Waals surface area contributed by atoms with E-state index in [-0.39, 0.29) is 25.7 Å². The number of ether oxygens (including phenoxy) is 4. The van der Waals surface area contributed by atoms with Gasteiger partial charge in [-0.05, 0) is 37.5 Å². The molecule has 19 heteroatoms. The average Bonchev–Trinajstić information content (AvgIpc) is 3.56. The summed E-state index contributed by atoms with van der Waals surface area (Å²) in [4.78, 5) is 72.3. The van der Waals surface area contributed by atoms with Crippen LogP contribution in [0.5, 0.6) is 0 Å². The molecule has 89 heavy (non-hydrogen) atoms. The van der Waals surface area contributed by atoms with E-state index in [0.717, 1.165) is 108 Å². The molecule has 5 atom stereocenters. The van der Waals surface area contributed by atoms with E-state index in [1.165, 1.54) is 167 Å². The van der Waals surface area contributed by atoms with Crippen LogP contribution in [0.25, 0.3) is 0 Å². The summed E-state index contributed by atoms with van der Waals surface area (Å²) in [6.07, 6.45) is 47.6. The maximum atomic E-state index is 13.0. The minimum Gasteiger partial charge on any atom is -0.462 e. The van der Waals surface area contributed by atoms with Crippen LogP contribution < -0.4 is 0 Å². The average molecular weight is 1310 g/mol. The third-order valence-corrected chi connectivity index (χ3v) is 18.1. The quantitative estimate of drug-likeness (QED) is 0.0222. The van der Waals surface area contributed by atoms with E-state index < -0.39 is 97.5 Å². The van der Waals surface area contributed by atoms with Crippen molar-refractivity contribution in [1.29, 1.82) is 0 Å². The van der Waals surface area contributed by atoms with Crippen molar-refractivity contribution in [3.8, 4) is 0 Å². The van der Waals surface area contributed by atoms with Crippen molar-refractivity contribution >= 4 is 39.5 Å². The number of aliphatic hydroxyl groups excluding tert-OH is 1. The van der Waals surface area contributed by atoms with Gasteiger partial charge in [0.2, 0.25) is 0 Å². The second-order valence-electron chi connectivity index (χ2n) is 26.2. The molecule has 0 aliphatic carbocycles. The SMILES string of the molecule is CCCCCCCCCCCCCCCCCCCC(=O)O[C@H](COC(=O)CCCCCCCCCCCCCCCC(C)C)COP(=O)(O)OC[C@@H](O)COP(=O)(O)OC[C@@H](COC(=O)CCCCCCC)OC(=O)CCCCCCCCCCC(C)C. The molecule has 17 nitrogen and oxygen atoms in total. The number of unbranched alkanes of at least 4 members (excludes halogenated alkanes) is 39. The zero-order valence-electron chi connectivity index (χ0n) is 57.7. The molecule has 0 aromatic rings. The number of carbonyl (C=O) groups excluding carboxylic acids is 4. The predicted molar refractivity (Wildman–Crippen MR) is 358 cm³/mol. The smallest absolute Gasteiger partial charge is 0.462 e. The molecule has 0 saturated heterocycles. The van der Waals surface area contributed by atoms with Crippen LogP contribution in [-0.2, 0) is 65.4 Å². The number of aliphatic hydroxyl groups is 1. The molecular formula is C70H136O17P2. The molecular weight excluding hydrogens is 1170 g/mol. The van der Waals surface area contributed by atoms with Gasteiger partial charge in [-0.1, -0.05) is 305 Å². The van der Waals surface area contributed by atoms with Crippen LogP contribution in [-0.4, -0.2) is 96.7 Å². The van der Waals surface area contributed by atoms with Gasteiger partial charge in [0.25, 0.3) is 0 Å². The summed E-state index contributed by atoms with van der Waals surface area (Å²) in [7, 11) is -9.89. The molecule has 0 saturated carbocycles. The molecule has 0 radical (unpaired) electrons. The lowest BCUT2D eigenvalue weighted by Crippen LogP contribution is -2.30. The van der Waals surface area contributed by atoms with E-state index in [0.29, 0.717) is 25.7 Å². The van der Waals surface area contributed by atoms with Crippen LogP contribution >= 0.6 is 15.6 Å². The summed E-state index contributed by atoms with van der Waals surface area (Å²) in [6.45, 7) is 9.44. The fourth-order valence-corrected chi connectivity index (χ4v) is 12.2. The van der Waals surface area contributed by atoms with E-state index in [9.17, 15) is 43.2 Å². The van der Waals surface area contributed by atoms with Crippen molar-refractivity contribution in [3.63, 3.8) is 0 Å². The van der Waals surface area contributed by atoms with Crippen LogP contribution in [0.15, 0.2) is 0 Å². The summed E-state index contributed by atoms with van der Waals surface area (Å²) in [5.74, 6) is -0.626. The van der Waals surface area contributed by atoms with Crippen LogP contribution in [0.2, 0.25) is 0 Å². The lowest BCUT2D eigenvalue weighted by Gasteiger charge is -2.21. The number of esters is 4. The van der Waals surface area contributed by atoms with Gasteiger partial charge in [0.1, 0.15) is 19.3 Å². The van der Waals surface area contributed by atoms with Gasteiger partial charge in [0.05, 0.1) is 26.4 Å².